The Morgan fingerprint density at radius 1 is 1.30 bits per heavy atom. The van der Waals surface area contributed by atoms with Crippen LogP contribution in [0.4, 0.5) is 0 Å². The minimum absolute atomic E-state index is 0.0180. The van der Waals surface area contributed by atoms with Gasteiger partial charge in [-0.2, -0.15) is 0 Å². The van der Waals surface area contributed by atoms with E-state index in [1.54, 1.807) is 36.7 Å². The molecule has 1 aromatic carbocycles. The first-order valence-corrected chi connectivity index (χ1v) is 10.3. The van der Waals surface area contributed by atoms with Crippen LogP contribution in [0.5, 0.6) is 5.75 Å². The molecule has 7 heteroatoms. The van der Waals surface area contributed by atoms with E-state index in [1.165, 1.54) is 12.0 Å². The van der Waals surface area contributed by atoms with Gasteiger partial charge in [-0.1, -0.05) is 37.4 Å². The number of halogens is 1. The first-order valence-electron chi connectivity index (χ1n) is 9.93. The molecule has 30 heavy (non-hydrogen) atoms. The number of aliphatic hydroxyl groups is 1. The zero-order chi connectivity index (χ0) is 21.8. The van der Waals surface area contributed by atoms with Gasteiger partial charge in [-0.15, -0.1) is 0 Å². The van der Waals surface area contributed by atoms with Crippen molar-refractivity contribution in [2.24, 2.45) is 0 Å². The lowest BCUT2D eigenvalue weighted by Gasteiger charge is -2.25. The number of likely N-dealkylation sites (tertiary alicyclic amines) is 1. The maximum absolute atomic E-state index is 13.0. The maximum atomic E-state index is 13.0. The molecule has 6 nitrogen and oxygen atoms in total. The number of benzene rings is 1. The average molecular weight is 429 g/mol. The van der Waals surface area contributed by atoms with E-state index in [1.807, 2.05) is 6.92 Å². The van der Waals surface area contributed by atoms with Gasteiger partial charge in [0.25, 0.3) is 11.7 Å². The number of hydrogen-bond acceptors (Lipinski definition) is 5. The number of amides is 1. The lowest BCUT2D eigenvalue weighted by atomic mass is 9.95. The minimum Gasteiger partial charge on any atom is -0.507 e. The number of hydrogen-bond donors (Lipinski definition) is 1. The van der Waals surface area contributed by atoms with Crippen LogP contribution in [-0.2, 0) is 9.59 Å². The van der Waals surface area contributed by atoms with Crippen molar-refractivity contribution < 1.29 is 19.4 Å². The van der Waals surface area contributed by atoms with Crippen LogP contribution in [0.1, 0.15) is 48.9 Å². The molecule has 0 bridgehead atoms. The van der Waals surface area contributed by atoms with Gasteiger partial charge in [0.2, 0.25) is 0 Å². The van der Waals surface area contributed by atoms with E-state index in [-0.39, 0.29) is 22.6 Å². The molecule has 0 aliphatic carbocycles. The van der Waals surface area contributed by atoms with Crippen LogP contribution < -0.4 is 4.74 Å². The standard InChI is InChI=1S/C23H25ClN2O4/c1-4-5-6-10-26-19(15-8-7-9-25-13-15)18(21(28)23(26)29)20(27)16-11-14(2)12-17(24)22(16)30-3/h7-9,11-13,19,27H,4-6,10H2,1-3H3/b20-18+. The molecule has 1 N–H and O–H groups in total. The van der Waals surface area contributed by atoms with Crippen molar-refractivity contribution in [2.75, 3.05) is 13.7 Å². The number of unbranched alkanes of at least 4 members (excludes halogenated alkanes) is 2. The molecule has 1 saturated heterocycles. The Bertz CT molecular complexity index is 988. The van der Waals surface area contributed by atoms with Gasteiger partial charge in [0.15, 0.2) is 0 Å². The zero-order valence-electron chi connectivity index (χ0n) is 17.3. The van der Waals surface area contributed by atoms with Crippen molar-refractivity contribution in [3.05, 3.63) is 63.9 Å². The highest BCUT2D eigenvalue weighted by Gasteiger charge is 2.46. The molecular weight excluding hydrogens is 404 g/mol. The molecule has 2 aromatic rings. The summed E-state index contributed by atoms with van der Waals surface area (Å²) in [4.78, 5) is 31.5. The van der Waals surface area contributed by atoms with E-state index in [9.17, 15) is 14.7 Å². The molecule has 1 aliphatic heterocycles. The van der Waals surface area contributed by atoms with Gasteiger partial charge in [-0.25, -0.2) is 0 Å². The number of pyridine rings is 1. The number of ketones is 1. The Balaban J connectivity index is 2.20. The van der Waals surface area contributed by atoms with Gasteiger partial charge >= 0.3 is 0 Å². The molecule has 1 amide bonds. The number of aliphatic hydroxyl groups excluding tert-OH is 1. The van der Waals surface area contributed by atoms with E-state index < -0.39 is 17.7 Å². The summed E-state index contributed by atoms with van der Waals surface area (Å²) >= 11 is 6.29. The van der Waals surface area contributed by atoms with Crippen molar-refractivity contribution >= 4 is 29.1 Å². The molecule has 0 radical (unpaired) electrons. The largest absolute Gasteiger partial charge is 0.507 e. The van der Waals surface area contributed by atoms with E-state index >= 15 is 0 Å². The van der Waals surface area contributed by atoms with Crippen LogP contribution >= 0.6 is 11.6 Å². The predicted molar refractivity (Wildman–Crippen MR) is 116 cm³/mol. The summed E-state index contributed by atoms with van der Waals surface area (Å²) < 4.78 is 5.37. The molecule has 2 heterocycles. The second-order valence-electron chi connectivity index (χ2n) is 7.31. The van der Waals surface area contributed by atoms with Crippen molar-refractivity contribution in [1.82, 2.24) is 9.88 Å². The number of aromatic nitrogens is 1. The molecule has 0 saturated carbocycles. The van der Waals surface area contributed by atoms with Gasteiger partial charge in [0, 0.05) is 18.9 Å². The van der Waals surface area contributed by atoms with Gasteiger partial charge in [0.05, 0.1) is 29.3 Å². The molecule has 1 atom stereocenters. The molecule has 3 rings (SSSR count). The fourth-order valence-corrected chi connectivity index (χ4v) is 4.14. The highest BCUT2D eigenvalue weighted by atomic mass is 35.5. The molecule has 1 aliphatic rings. The number of nitrogens with zero attached hydrogens (tertiary/aromatic N) is 2. The van der Waals surface area contributed by atoms with Crippen molar-refractivity contribution in [3.8, 4) is 5.75 Å². The summed E-state index contributed by atoms with van der Waals surface area (Å²) in [6.45, 7) is 4.31. The second-order valence-corrected chi connectivity index (χ2v) is 7.72. The summed E-state index contributed by atoms with van der Waals surface area (Å²) in [5.41, 5.74) is 1.75. The average Bonchev–Trinajstić information content (AvgIpc) is 2.98. The number of rotatable bonds is 7. The normalized spacial score (nSPS) is 18.1. The second kappa shape index (κ2) is 9.30. The van der Waals surface area contributed by atoms with Crippen LogP contribution in [0.25, 0.3) is 5.76 Å². The highest BCUT2D eigenvalue weighted by molar-refractivity contribution is 6.46. The SMILES string of the molecule is CCCCCN1C(=O)C(=O)/C(=C(/O)c2cc(C)cc(Cl)c2OC)C1c1cccnc1. The van der Waals surface area contributed by atoms with Gasteiger partial charge in [-0.05, 0) is 42.7 Å². The van der Waals surface area contributed by atoms with Crippen LogP contribution in [0, 0.1) is 6.92 Å². The summed E-state index contributed by atoms with van der Waals surface area (Å²) in [5.74, 6) is -1.40. The maximum Gasteiger partial charge on any atom is 0.295 e. The third-order valence-electron chi connectivity index (χ3n) is 5.19. The molecule has 1 unspecified atom stereocenters. The minimum atomic E-state index is -0.725. The predicted octanol–water partition coefficient (Wildman–Crippen LogP) is 4.66. The number of ether oxygens (including phenoxy) is 1. The number of Topliss-reactive ketones (excluding diaryl/α,β-unsaturated/α-hetero) is 1. The topological polar surface area (TPSA) is 79.7 Å². The van der Waals surface area contributed by atoms with Gasteiger partial charge < -0.3 is 14.7 Å². The Labute approximate surface area is 181 Å². The van der Waals surface area contributed by atoms with Crippen LogP contribution in [0.3, 0.4) is 0 Å². The monoisotopic (exact) mass is 428 g/mol. The summed E-state index contributed by atoms with van der Waals surface area (Å²) in [6.07, 6.45) is 5.91. The number of methoxy groups -OCH3 is 1. The third-order valence-corrected chi connectivity index (χ3v) is 5.47. The Kier molecular flexibility index (Phi) is 6.77. The van der Waals surface area contributed by atoms with Gasteiger partial charge in [0.1, 0.15) is 11.5 Å². The zero-order valence-corrected chi connectivity index (χ0v) is 18.1. The van der Waals surface area contributed by atoms with Crippen molar-refractivity contribution in [1.29, 1.82) is 0 Å². The van der Waals surface area contributed by atoms with Crippen LogP contribution in [0.2, 0.25) is 5.02 Å². The van der Waals surface area contributed by atoms with E-state index in [0.29, 0.717) is 17.1 Å². The number of carbonyl (C=O) groups excluding carboxylic acids is 2. The van der Waals surface area contributed by atoms with Crippen LogP contribution in [-0.4, -0.2) is 40.3 Å². The van der Waals surface area contributed by atoms with E-state index in [4.69, 9.17) is 16.3 Å². The summed E-state index contributed by atoms with van der Waals surface area (Å²) in [5, 5.41) is 11.5. The fourth-order valence-electron chi connectivity index (χ4n) is 3.78. The Hall–Kier alpha value is -2.86. The third kappa shape index (κ3) is 4.05. The molecule has 158 valence electrons. The Morgan fingerprint density at radius 2 is 2.07 bits per heavy atom. The first-order chi connectivity index (χ1) is 14.4. The summed E-state index contributed by atoms with van der Waals surface area (Å²) in [6, 6.07) is 6.21. The van der Waals surface area contributed by atoms with Crippen molar-refractivity contribution in [3.63, 3.8) is 0 Å². The smallest absolute Gasteiger partial charge is 0.295 e. The number of carbonyl (C=O) groups is 2. The number of aryl methyl sites for hydroxylation is 1. The van der Waals surface area contributed by atoms with Crippen molar-refractivity contribution in [2.45, 2.75) is 39.2 Å². The summed E-state index contributed by atoms with van der Waals surface area (Å²) in [7, 11) is 1.44. The lowest BCUT2D eigenvalue weighted by molar-refractivity contribution is -0.139. The van der Waals surface area contributed by atoms with Crippen LogP contribution in [0.15, 0.2) is 42.2 Å². The highest BCUT2D eigenvalue weighted by Crippen LogP contribution is 2.42. The van der Waals surface area contributed by atoms with Gasteiger partial charge in [-0.3, -0.25) is 14.6 Å². The quantitative estimate of drug-likeness (QED) is 0.300. The molecule has 1 fully saturated rings. The fraction of sp³-hybridized carbons (Fsp3) is 0.348. The first kappa shape index (κ1) is 21.8. The van der Waals surface area contributed by atoms with E-state index in [0.717, 1.165) is 24.8 Å². The molecule has 1 aromatic heterocycles. The lowest BCUT2D eigenvalue weighted by Crippen LogP contribution is -2.30. The van der Waals surface area contributed by atoms with E-state index in [2.05, 4.69) is 11.9 Å². The Morgan fingerprint density at radius 3 is 2.70 bits per heavy atom. The molecular formula is C23H25ClN2O4. The molecule has 0 spiro atoms.